The van der Waals surface area contributed by atoms with Gasteiger partial charge in [0.15, 0.2) is 0 Å². The number of benzene rings is 1. The third kappa shape index (κ3) is 2.54. The van der Waals surface area contributed by atoms with E-state index in [0.29, 0.717) is 17.8 Å². The second kappa shape index (κ2) is 5.29. The molecule has 1 atom stereocenters. The summed E-state index contributed by atoms with van der Waals surface area (Å²) >= 11 is 1.55. The van der Waals surface area contributed by atoms with Crippen LogP contribution in [0.2, 0.25) is 0 Å². The van der Waals surface area contributed by atoms with Gasteiger partial charge < -0.3 is 10.2 Å². The Bertz CT molecular complexity index is 710. The van der Waals surface area contributed by atoms with Gasteiger partial charge in [-0.05, 0) is 26.0 Å². The van der Waals surface area contributed by atoms with E-state index in [1.807, 2.05) is 18.4 Å². The number of carbonyl (C=O) groups is 2. The molecule has 1 aliphatic heterocycles. The van der Waals surface area contributed by atoms with Crippen molar-refractivity contribution in [1.82, 2.24) is 10.3 Å². The van der Waals surface area contributed by atoms with Crippen molar-refractivity contribution in [2.45, 2.75) is 26.4 Å². The van der Waals surface area contributed by atoms with Crippen molar-refractivity contribution >= 4 is 28.8 Å². The van der Waals surface area contributed by atoms with Crippen LogP contribution in [0.15, 0.2) is 29.6 Å². The van der Waals surface area contributed by atoms with E-state index in [0.717, 1.165) is 10.7 Å². The average Bonchev–Trinajstić information content (AvgIpc) is 2.85. The Kier molecular flexibility index (Phi) is 3.47. The average molecular weight is 301 g/mol. The van der Waals surface area contributed by atoms with Gasteiger partial charge in [-0.1, -0.05) is 12.1 Å². The van der Waals surface area contributed by atoms with Gasteiger partial charge in [-0.15, -0.1) is 11.3 Å². The van der Waals surface area contributed by atoms with Crippen LogP contribution in [0.4, 0.5) is 5.69 Å². The fourth-order valence-corrected chi connectivity index (χ4v) is 3.00. The fourth-order valence-electron chi connectivity index (χ4n) is 2.40. The molecule has 21 heavy (non-hydrogen) atoms. The van der Waals surface area contributed by atoms with Gasteiger partial charge in [0.25, 0.3) is 5.91 Å². The first-order valence-corrected chi connectivity index (χ1v) is 7.56. The first kappa shape index (κ1) is 13.8. The predicted octanol–water partition coefficient (Wildman–Crippen LogP) is 2.12. The lowest BCUT2D eigenvalue weighted by molar-refractivity contribution is -0.120. The Morgan fingerprint density at radius 3 is 2.81 bits per heavy atom. The third-order valence-electron chi connectivity index (χ3n) is 3.41. The summed E-state index contributed by atoms with van der Waals surface area (Å²) < 4.78 is 0. The maximum absolute atomic E-state index is 12.6. The summed E-state index contributed by atoms with van der Waals surface area (Å²) in [7, 11) is 0. The molecule has 0 saturated carbocycles. The largest absolute Gasteiger partial charge is 0.340 e. The molecule has 0 saturated heterocycles. The maximum atomic E-state index is 12.6. The van der Waals surface area contributed by atoms with Crippen molar-refractivity contribution < 1.29 is 9.59 Å². The highest BCUT2D eigenvalue weighted by Crippen LogP contribution is 2.26. The zero-order valence-corrected chi connectivity index (χ0v) is 12.6. The van der Waals surface area contributed by atoms with E-state index in [1.165, 1.54) is 0 Å². The van der Waals surface area contributed by atoms with Crippen LogP contribution < -0.4 is 10.2 Å². The monoisotopic (exact) mass is 301 g/mol. The minimum absolute atomic E-state index is 0.126. The van der Waals surface area contributed by atoms with E-state index in [2.05, 4.69) is 10.3 Å². The summed E-state index contributed by atoms with van der Waals surface area (Å²) in [5.74, 6) is -0.345. The molecule has 1 aromatic heterocycles. The SMILES string of the molecule is Cc1nc(CN2C(=O)C(C)NC(=O)c3ccccc32)cs1. The molecule has 1 unspecified atom stereocenters. The Hall–Kier alpha value is -2.21. The van der Waals surface area contributed by atoms with E-state index >= 15 is 0 Å². The summed E-state index contributed by atoms with van der Waals surface area (Å²) in [5, 5.41) is 5.62. The van der Waals surface area contributed by atoms with Crippen molar-refractivity contribution in [3.05, 3.63) is 45.9 Å². The number of carbonyl (C=O) groups excluding carboxylic acids is 2. The van der Waals surface area contributed by atoms with Gasteiger partial charge in [-0.3, -0.25) is 9.59 Å². The molecule has 5 nitrogen and oxygen atoms in total. The topological polar surface area (TPSA) is 62.3 Å². The van der Waals surface area contributed by atoms with Gasteiger partial charge in [-0.2, -0.15) is 0 Å². The highest BCUT2D eigenvalue weighted by Gasteiger charge is 2.31. The van der Waals surface area contributed by atoms with Crippen LogP contribution >= 0.6 is 11.3 Å². The molecule has 0 radical (unpaired) electrons. The van der Waals surface area contributed by atoms with E-state index in [1.54, 1.807) is 41.4 Å². The highest BCUT2D eigenvalue weighted by molar-refractivity contribution is 7.09. The Morgan fingerprint density at radius 1 is 1.33 bits per heavy atom. The second-order valence-corrected chi connectivity index (χ2v) is 6.06. The van der Waals surface area contributed by atoms with Gasteiger partial charge in [0.05, 0.1) is 28.5 Å². The van der Waals surface area contributed by atoms with Crippen LogP contribution in [0.1, 0.15) is 28.0 Å². The number of nitrogens with zero attached hydrogens (tertiary/aromatic N) is 2. The molecule has 108 valence electrons. The number of para-hydroxylation sites is 1. The van der Waals surface area contributed by atoms with Crippen molar-refractivity contribution in [2.75, 3.05) is 4.90 Å². The van der Waals surface area contributed by atoms with E-state index < -0.39 is 6.04 Å². The third-order valence-corrected chi connectivity index (χ3v) is 4.23. The first-order chi connectivity index (χ1) is 10.1. The van der Waals surface area contributed by atoms with Gasteiger partial charge in [0.2, 0.25) is 5.91 Å². The quantitative estimate of drug-likeness (QED) is 0.924. The molecule has 6 heteroatoms. The summed E-state index contributed by atoms with van der Waals surface area (Å²) in [5.41, 5.74) is 1.99. The first-order valence-electron chi connectivity index (χ1n) is 6.68. The van der Waals surface area contributed by atoms with Crippen LogP contribution in [0.3, 0.4) is 0 Å². The number of anilines is 1. The fraction of sp³-hybridized carbons (Fsp3) is 0.267. The summed E-state index contributed by atoms with van der Waals surface area (Å²) in [6.45, 7) is 4.00. The van der Waals surface area contributed by atoms with E-state index in [-0.39, 0.29) is 11.8 Å². The summed E-state index contributed by atoms with van der Waals surface area (Å²) in [6, 6.07) is 6.60. The summed E-state index contributed by atoms with van der Waals surface area (Å²) in [4.78, 5) is 30.7. The number of amides is 2. The predicted molar refractivity (Wildman–Crippen MR) is 81.4 cm³/mol. The zero-order valence-electron chi connectivity index (χ0n) is 11.8. The molecule has 3 rings (SSSR count). The lowest BCUT2D eigenvalue weighted by Crippen LogP contribution is -2.43. The number of thiazole rings is 1. The van der Waals surface area contributed by atoms with Gasteiger partial charge in [0, 0.05) is 5.38 Å². The Labute approximate surface area is 126 Å². The molecule has 1 aliphatic rings. The van der Waals surface area contributed by atoms with Crippen LogP contribution in [0, 0.1) is 6.92 Å². The second-order valence-electron chi connectivity index (χ2n) is 4.99. The van der Waals surface area contributed by atoms with E-state index in [9.17, 15) is 9.59 Å². The standard InChI is InChI=1S/C15H15N3O2S/c1-9-15(20)18(7-11-8-21-10(2)17-11)13-6-4-3-5-12(13)14(19)16-9/h3-6,8-9H,7H2,1-2H3,(H,16,19). The van der Waals surface area contributed by atoms with Crippen molar-refractivity contribution in [3.63, 3.8) is 0 Å². The Balaban J connectivity index is 2.04. The molecule has 0 spiro atoms. The van der Waals surface area contributed by atoms with Crippen LogP contribution in [0.25, 0.3) is 0 Å². The van der Waals surface area contributed by atoms with Gasteiger partial charge in [-0.25, -0.2) is 4.98 Å². The molecule has 1 N–H and O–H groups in total. The molecule has 2 heterocycles. The van der Waals surface area contributed by atoms with E-state index in [4.69, 9.17) is 0 Å². The van der Waals surface area contributed by atoms with Crippen molar-refractivity contribution in [2.24, 2.45) is 0 Å². The molecule has 0 bridgehead atoms. The minimum Gasteiger partial charge on any atom is -0.340 e. The zero-order chi connectivity index (χ0) is 15.0. The maximum Gasteiger partial charge on any atom is 0.254 e. The smallest absolute Gasteiger partial charge is 0.254 e. The summed E-state index contributed by atoms with van der Waals surface area (Å²) in [6.07, 6.45) is 0. The number of aromatic nitrogens is 1. The van der Waals surface area contributed by atoms with Crippen molar-refractivity contribution in [1.29, 1.82) is 0 Å². The molecular weight excluding hydrogens is 286 g/mol. The van der Waals surface area contributed by atoms with Crippen LogP contribution in [-0.4, -0.2) is 22.8 Å². The Morgan fingerprint density at radius 2 is 2.10 bits per heavy atom. The number of rotatable bonds is 2. The molecule has 1 aromatic carbocycles. The number of fused-ring (bicyclic) bond motifs is 1. The van der Waals surface area contributed by atoms with Gasteiger partial charge in [0.1, 0.15) is 6.04 Å². The number of nitrogens with one attached hydrogen (secondary N) is 1. The molecule has 0 fully saturated rings. The molecule has 0 aliphatic carbocycles. The highest BCUT2D eigenvalue weighted by atomic mass is 32.1. The molecule has 2 amide bonds. The molecular formula is C15H15N3O2S. The van der Waals surface area contributed by atoms with Crippen LogP contribution in [0.5, 0.6) is 0 Å². The molecule has 2 aromatic rings. The van der Waals surface area contributed by atoms with Crippen LogP contribution in [-0.2, 0) is 11.3 Å². The van der Waals surface area contributed by atoms with Gasteiger partial charge >= 0.3 is 0 Å². The normalized spacial score (nSPS) is 18.2. The number of hydrogen-bond acceptors (Lipinski definition) is 4. The van der Waals surface area contributed by atoms with Crippen molar-refractivity contribution in [3.8, 4) is 0 Å². The number of hydrogen-bond donors (Lipinski definition) is 1. The minimum atomic E-state index is -0.551. The lowest BCUT2D eigenvalue weighted by Gasteiger charge is -2.23. The number of aryl methyl sites for hydroxylation is 1. The lowest BCUT2D eigenvalue weighted by atomic mass is 10.1.